The molecule has 26 heavy (non-hydrogen) atoms. The largest absolute Gasteiger partial charge is 0.361 e. The molecule has 0 saturated heterocycles. The number of rotatable bonds is 5. The molecule has 3 aromatic heterocycles. The van der Waals surface area contributed by atoms with Gasteiger partial charge in [-0.3, -0.25) is 24.3 Å². The average Bonchev–Trinajstić information content (AvgIpc) is 3.20. The first-order valence-corrected chi connectivity index (χ1v) is 7.71. The lowest BCUT2D eigenvalue weighted by molar-refractivity contribution is -0.386. The summed E-state index contributed by atoms with van der Waals surface area (Å²) in [5.74, 6) is -0.0163. The fourth-order valence-electron chi connectivity index (χ4n) is 2.69. The van der Waals surface area contributed by atoms with Crippen molar-refractivity contribution in [2.75, 3.05) is 5.32 Å². The van der Waals surface area contributed by atoms with Gasteiger partial charge in [-0.05, 0) is 20.8 Å². The summed E-state index contributed by atoms with van der Waals surface area (Å²) in [5.41, 5.74) is 1.79. The maximum absolute atomic E-state index is 12.5. The third-order valence-electron chi connectivity index (χ3n) is 4.00. The molecule has 0 saturated carbocycles. The Bertz CT molecular complexity index is 998. The zero-order valence-corrected chi connectivity index (χ0v) is 14.7. The van der Waals surface area contributed by atoms with Crippen LogP contribution < -0.4 is 5.32 Å². The first kappa shape index (κ1) is 17.3. The van der Waals surface area contributed by atoms with Crippen LogP contribution in [0.1, 0.15) is 33.2 Å². The first-order valence-electron chi connectivity index (χ1n) is 7.71. The van der Waals surface area contributed by atoms with E-state index in [2.05, 4.69) is 20.7 Å². The summed E-state index contributed by atoms with van der Waals surface area (Å²) in [6.45, 7) is 4.98. The van der Waals surface area contributed by atoms with E-state index in [4.69, 9.17) is 4.52 Å². The number of nitrogens with zero attached hydrogens (tertiary/aromatic N) is 6. The van der Waals surface area contributed by atoms with Crippen molar-refractivity contribution in [2.45, 2.75) is 27.3 Å². The topological polar surface area (TPSA) is 134 Å². The van der Waals surface area contributed by atoms with Gasteiger partial charge in [0, 0.05) is 18.8 Å². The fraction of sp³-hybridized carbons (Fsp3) is 0.333. The molecule has 0 aromatic carbocycles. The molecule has 1 N–H and O–H groups in total. The van der Waals surface area contributed by atoms with Crippen molar-refractivity contribution < 1.29 is 14.2 Å². The van der Waals surface area contributed by atoms with Crippen molar-refractivity contribution in [3.63, 3.8) is 0 Å². The normalized spacial score (nSPS) is 10.9. The minimum atomic E-state index is -0.468. The number of aryl methyl sites for hydroxylation is 3. The van der Waals surface area contributed by atoms with E-state index in [1.54, 1.807) is 38.7 Å². The van der Waals surface area contributed by atoms with Crippen molar-refractivity contribution in [3.05, 3.63) is 50.9 Å². The van der Waals surface area contributed by atoms with E-state index in [1.165, 1.54) is 10.9 Å². The Kier molecular flexibility index (Phi) is 4.28. The van der Waals surface area contributed by atoms with Gasteiger partial charge < -0.3 is 9.84 Å². The Labute approximate surface area is 147 Å². The third kappa shape index (κ3) is 3.06. The molecule has 0 aliphatic heterocycles. The maximum atomic E-state index is 12.5. The first-order chi connectivity index (χ1) is 12.3. The minimum Gasteiger partial charge on any atom is -0.361 e. The van der Waals surface area contributed by atoms with Crippen molar-refractivity contribution in [1.82, 2.24) is 24.7 Å². The smallest absolute Gasteiger partial charge is 0.312 e. The third-order valence-corrected chi connectivity index (χ3v) is 4.00. The van der Waals surface area contributed by atoms with Gasteiger partial charge in [0.15, 0.2) is 5.69 Å². The summed E-state index contributed by atoms with van der Waals surface area (Å²) in [6.07, 6.45) is 3.16. The summed E-state index contributed by atoms with van der Waals surface area (Å²) >= 11 is 0. The van der Waals surface area contributed by atoms with E-state index >= 15 is 0 Å². The van der Waals surface area contributed by atoms with E-state index in [-0.39, 0.29) is 17.9 Å². The Balaban J connectivity index is 1.90. The van der Waals surface area contributed by atoms with Crippen LogP contribution in [0, 0.1) is 30.9 Å². The highest BCUT2D eigenvalue weighted by Crippen LogP contribution is 2.24. The Morgan fingerprint density at radius 2 is 2.12 bits per heavy atom. The molecule has 3 aromatic rings. The molecule has 11 nitrogen and oxygen atoms in total. The Hall–Kier alpha value is -3.50. The summed E-state index contributed by atoms with van der Waals surface area (Å²) in [5, 5.41) is 25.8. The highest BCUT2D eigenvalue weighted by Gasteiger charge is 2.25. The van der Waals surface area contributed by atoms with E-state index in [0.717, 1.165) is 0 Å². The lowest BCUT2D eigenvalue weighted by atomic mass is 10.2. The van der Waals surface area contributed by atoms with Crippen molar-refractivity contribution in [3.8, 4) is 0 Å². The van der Waals surface area contributed by atoms with Crippen LogP contribution in [-0.4, -0.2) is 35.5 Å². The standard InChI is InChI=1S/C15H17N7O4/c1-8-14(22(24)25)9(2)21(18-8)7-12-10(3)26-19-13(12)15(23)17-11-5-16-20(4)6-11/h5-6H,7H2,1-4H3,(H,17,23). The van der Waals surface area contributed by atoms with Crippen LogP contribution in [0.25, 0.3) is 0 Å². The number of hydrogen-bond donors (Lipinski definition) is 1. The second kappa shape index (κ2) is 6.43. The number of anilines is 1. The van der Waals surface area contributed by atoms with Crippen molar-refractivity contribution in [1.29, 1.82) is 0 Å². The molecule has 0 spiro atoms. The Morgan fingerprint density at radius 1 is 1.38 bits per heavy atom. The average molecular weight is 359 g/mol. The van der Waals surface area contributed by atoms with Crippen LogP contribution in [0.4, 0.5) is 11.4 Å². The zero-order valence-electron chi connectivity index (χ0n) is 14.7. The molecule has 3 rings (SSSR count). The number of hydrogen-bond acceptors (Lipinski definition) is 7. The Morgan fingerprint density at radius 3 is 2.69 bits per heavy atom. The van der Waals surface area contributed by atoms with Gasteiger partial charge in [-0.15, -0.1) is 0 Å². The minimum absolute atomic E-state index is 0.0412. The lowest BCUT2D eigenvalue weighted by Gasteiger charge is -2.05. The predicted octanol–water partition coefficient (Wildman–Crippen LogP) is 1.74. The van der Waals surface area contributed by atoms with Gasteiger partial charge in [0.2, 0.25) is 0 Å². The molecule has 0 unspecified atom stereocenters. The number of amides is 1. The molecule has 0 bridgehead atoms. The molecule has 0 aliphatic carbocycles. The monoisotopic (exact) mass is 359 g/mol. The second-order valence-electron chi connectivity index (χ2n) is 5.86. The van der Waals surface area contributed by atoms with Crippen LogP contribution >= 0.6 is 0 Å². The summed E-state index contributed by atoms with van der Waals surface area (Å²) < 4.78 is 8.17. The molecular formula is C15H17N7O4. The van der Waals surface area contributed by atoms with Gasteiger partial charge in [0.1, 0.15) is 17.1 Å². The molecule has 136 valence electrons. The van der Waals surface area contributed by atoms with Crippen LogP contribution in [0.5, 0.6) is 0 Å². The van der Waals surface area contributed by atoms with E-state index in [9.17, 15) is 14.9 Å². The van der Waals surface area contributed by atoms with Gasteiger partial charge >= 0.3 is 5.69 Å². The van der Waals surface area contributed by atoms with Crippen LogP contribution in [-0.2, 0) is 13.6 Å². The van der Waals surface area contributed by atoms with Gasteiger partial charge in [-0.2, -0.15) is 10.2 Å². The molecule has 0 atom stereocenters. The van der Waals surface area contributed by atoms with Crippen LogP contribution in [0.3, 0.4) is 0 Å². The van der Waals surface area contributed by atoms with E-state index in [1.807, 2.05) is 0 Å². The maximum Gasteiger partial charge on any atom is 0.312 e. The summed E-state index contributed by atoms with van der Waals surface area (Å²) in [7, 11) is 1.73. The van der Waals surface area contributed by atoms with Crippen molar-refractivity contribution >= 4 is 17.3 Å². The number of nitrogens with one attached hydrogen (secondary N) is 1. The molecule has 0 fully saturated rings. The fourth-order valence-corrected chi connectivity index (χ4v) is 2.69. The summed E-state index contributed by atoms with van der Waals surface area (Å²) in [6, 6.07) is 0. The SMILES string of the molecule is Cc1nn(Cc2c(C(=O)Nc3cnn(C)c3)noc2C)c(C)c1[N+](=O)[O-]. The second-order valence-corrected chi connectivity index (χ2v) is 5.86. The predicted molar refractivity (Wildman–Crippen MR) is 89.9 cm³/mol. The van der Waals surface area contributed by atoms with Crippen molar-refractivity contribution in [2.24, 2.45) is 7.05 Å². The van der Waals surface area contributed by atoms with Crippen LogP contribution in [0.15, 0.2) is 16.9 Å². The number of nitro groups is 1. The molecule has 0 radical (unpaired) electrons. The molecule has 3 heterocycles. The van der Waals surface area contributed by atoms with E-state index in [0.29, 0.717) is 28.4 Å². The molecule has 1 amide bonds. The van der Waals surface area contributed by atoms with E-state index < -0.39 is 10.8 Å². The lowest BCUT2D eigenvalue weighted by Crippen LogP contribution is -2.16. The zero-order chi connectivity index (χ0) is 19.0. The summed E-state index contributed by atoms with van der Waals surface area (Å²) in [4.78, 5) is 23.2. The highest BCUT2D eigenvalue weighted by molar-refractivity contribution is 6.03. The molecule has 0 aliphatic rings. The van der Waals surface area contributed by atoms with Crippen LogP contribution in [0.2, 0.25) is 0 Å². The van der Waals surface area contributed by atoms with Gasteiger partial charge in [-0.1, -0.05) is 5.16 Å². The molecular weight excluding hydrogens is 342 g/mol. The van der Waals surface area contributed by atoms with Gasteiger partial charge in [0.25, 0.3) is 5.91 Å². The molecule has 11 heteroatoms. The van der Waals surface area contributed by atoms with Gasteiger partial charge in [-0.25, -0.2) is 0 Å². The quantitative estimate of drug-likeness (QED) is 0.541. The number of carbonyl (C=O) groups is 1. The van der Waals surface area contributed by atoms with Gasteiger partial charge in [0.05, 0.1) is 23.4 Å². The number of aromatic nitrogens is 5. The highest BCUT2D eigenvalue weighted by atomic mass is 16.6. The number of carbonyl (C=O) groups excluding carboxylic acids is 1.